The molecule has 0 aliphatic carbocycles. The topological polar surface area (TPSA) is 18.5 Å². The molecule has 0 saturated carbocycles. The lowest BCUT2D eigenvalue weighted by atomic mass is 10.2. The molecule has 1 rings (SSSR count). The van der Waals surface area contributed by atoms with Crippen LogP contribution < -0.4 is 0 Å². The molecule has 0 aromatic carbocycles. The Balaban J connectivity index is 2.49. The molecule has 0 unspecified atom stereocenters. The molecule has 0 bridgehead atoms. The van der Waals surface area contributed by atoms with Gasteiger partial charge in [-0.15, -0.1) is 0 Å². The van der Waals surface area contributed by atoms with Gasteiger partial charge < -0.3 is 9.16 Å². The molecule has 1 aliphatic rings. The van der Waals surface area contributed by atoms with E-state index in [1.54, 1.807) is 0 Å². The standard InChI is InChI=1S/C11H24O2Si/c1-11(2,3)14(4,5)13-10-6-8-12-9-7-10/h10H,6-9H2,1-5H3. The fourth-order valence-electron chi connectivity index (χ4n) is 1.39. The van der Waals surface area contributed by atoms with E-state index < -0.39 is 8.32 Å². The molecule has 84 valence electrons. The lowest BCUT2D eigenvalue weighted by Crippen LogP contribution is -2.45. The Hall–Kier alpha value is 0.137. The van der Waals surface area contributed by atoms with Gasteiger partial charge in [-0.1, -0.05) is 20.8 Å². The summed E-state index contributed by atoms with van der Waals surface area (Å²) < 4.78 is 11.6. The lowest BCUT2D eigenvalue weighted by Gasteiger charge is -2.40. The molecule has 0 aromatic rings. The van der Waals surface area contributed by atoms with Crippen molar-refractivity contribution in [2.75, 3.05) is 13.2 Å². The first-order valence-electron chi connectivity index (χ1n) is 5.58. The van der Waals surface area contributed by atoms with Crippen LogP contribution in [-0.4, -0.2) is 27.6 Å². The smallest absolute Gasteiger partial charge is 0.192 e. The molecule has 1 aliphatic heterocycles. The van der Waals surface area contributed by atoms with Crippen molar-refractivity contribution in [3.63, 3.8) is 0 Å². The van der Waals surface area contributed by atoms with Gasteiger partial charge in [-0.3, -0.25) is 0 Å². The summed E-state index contributed by atoms with van der Waals surface area (Å²) in [5, 5.41) is 0.325. The first-order chi connectivity index (χ1) is 6.33. The Bertz CT molecular complexity index is 178. The third-order valence-electron chi connectivity index (χ3n) is 3.44. The second-order valence-electron chi connectivity index (χ2n) is 5.69. The average Bonchev–Trinajstić information content (AvgIpc) is 2.03. The number of rotatable bonds is 2. The second kappa shape index (κ2) is 4.33. The van der Waals surface area contributed by atoms with Gasteiger partial charge in [0, 0.05) is 19.3 Å². The maximum Gasteiger partial charge on any atom is 0.192 e. The summed E-state index contributed by atoms with van der Waals surface area (Å²) >= 11 is 0. The van der Waals surface area contributed by atoms with Crippen LogP contribution in [0.25, 0.3) is 0 Å². The van der Waals surface area contributed by atoms with Crippen molar-refractivity contribution in [1.29, 1.82) is 0 Å². The zero-order valence-electron chi connectivity index (χ0n) is 10.2. The van der Waals surface area contributed by atoms with Crippen LogP contribution in [0.5, 0.6) is 0 Å². The van der Waals surface area contributed by atoms with Crippen molar-refractivity contribution in [3.8, 4) is 0 Å². The highest BCUT2D eigenvalue weighted by Crippen LogP contribution is 2.38. The first-order valence-corrected chi connectivity index (χ1v) is 8.49. The second-order valence-corrected chi connectivity index (χ2v) is 10.4. The third-order valence-corrected chi connectivity index (χ3v) is 7.97. The predicted molar refractivity (Wildman–Crippen MR) is 62.1 cm³/mol. The van der Waals surface area contributed by atoms with Gasteiger partial charge in [0.25, 0.3) is 0 Å². The van der Waals surface area contributed by atoms with Gasteiger partial charge in [0.1, 0.15) is 0 Å². The molecule has 0 N–H and O–H groups in total. The van der Waals surface area contributed by atoms with Crippen LogP contribution in [-0.2, 0) is 9.16 Å². The van der Waals surface area contributed by atoms with E-state index in [-0.39, 0.29) is 0 Å². The Morgan fingerprint density at radius 3 is 2.07 bits per heavy atom. The molecule has 2 nitrogen and oxygen atoms in total. The molecule has 0 atom stereocenters. The van der Waals surface area contributed by atoms with Gasteiger partial charge in [-0.05, 0) is 31.0 Å². The highest BCUT2D eigenvalue weighted by molar-refractivity contribution is 6.74. The summed E-state index contributed by atoms with van der Waals surface area (Å²) in [6, 6.07) is 0. The van der Waals surface area contributed by atoms with Crippen LogP contribution in [0.3, 0.4) is 0 Å². The summed E-state index contributed by atoms with van der Waals surface area (Å²) in [7, 11) is -1.55. The lowest BCUT2D eigenvalue weighted by molar-refractivity contribution is 0.0196. The van der Waals surface area contributed by atoms with E-state index >= 15 is 0 Å². The highest BCUT2D eigenvalue weighted by atomic mass is 28.4. The van der Waals surface area contributed by atoms with E-state index in [4.69, 9.17) is 9.16 Å². The van der Waals surface area contributed by atoms with Crippen molar-refractivity contribution < 1.29 is 9.16 Å². The Kier molecular flexibility index (Phi) is 3.78. The number of hydrogen-bond acceptors (Lipinski definition) is 2. The molecule has 1 saturated heterocycles. The molecule has 14 heavy (non-hydrogen) atoms. The van der Waals surface area contributed by atoms with Gasteiger partial charge in [-0.25, -0.2) is 0 Å². The van der Waals surface area contributed by atoms with Crippen molar-refractivity contribution in [2.24, 2.45) is 0 Å². The SMILES string of the molecule is CC(C)(C)[Si](C)(C)OC1CCOCC1. The first kappa shape index (κ1) is 12.2. The summed E-state index contributed by atoms with van der Waals surface area (Å²) in [5.74, 6) is 0. The molecular weight excluding hydrogens is 192 g/mol. The van der Waals surface area contributed by atoms with E-state index in [2.05, 4.69) is 33.9 Å². The van der Waals surface area contributed by atoms with Crippen molar-refractivity contribution in [2.45, 2.75) is 57.8 Å². The zero-order valence-corrected chi connectivity index (χ0v) is 11.2. The van der Waals surface area contributed by atoms with E-state index in [9.17, 15) is 0 Å². The summed E-state index contributed by atoms with van der Waals surface area (Å²) in [4.78, 5) is 0. The number of hydrogen-bond donors (Lipinski definition) is 0. The largest absolute Gasteiger partial charge is 0.414 e. The van der Waals surface area contributed by atoms with Gasteiger partial charge in [0.05, 0.1) is 0 Å². The normalized spacial score (nSPS) is 21.2. The van der Waals surface area contributed by atoms with Crippen molar-refractivity contribution in [3.05, 3.63) is 0 Å². The molecule has 0 radical (unpaired) electrons. The molecule has 1 heterocycles. The fraction of sp³-hybridized carbons (Fsp3) is 1.00. The summed E-state index contributed by atoms with van der Waals surface area (Å²) in [5.41, 5.74) is 0. The van der Waals surface area contributed by atoms with E-state index in [0.717, 1.165) is 26.1 Å². The van der Waals surface area contributed by atoms with Gasteiger partial charge >= 0.3 is 0 Å². The van der Waals surface area contributed by atoms with Crippen molar-refractivity contribution >= 4 is 8.32 Å². The van der Waals surface area contributed by atoms with Crippen LogP contribution in [0.1, 0.15) is 33.6 Å². The Labute approximate surface area is 89.1 Å². The molecule has 0 spiro atoms. The maximum atomic E-state index is 6.30. The molecule has 0 amide bonds. The Morgan fingerprint density at radius 1 is 1.14 bits per heavy atom. The van der Waals surface area contributed by atoms with E-state index in [1.165, 1.54) is 0 Å². The van der Waals surface area contributed by atoms with Crippen LogP contribution in [0.4, 0.5) is 0 Å². The zero-order chi connectivity index (χ0) is 10.8. The predicted octanol–water partition coefficient (Wildman–Crippen LogP) is 3.19. The molecule has 1 fully saturated rings. The van der Waals surface area contributed by atoms with Gasteiger partial charge in [0.15, 0.2) is 8.32 Å². The quantitative estimate of drug-likeness (QED) is 0.660. The minimum absolute atomic E-state index is 0.325. The van der Waals surface area contributed by atoms with Gasteiger partial charge in [0.2, 0.25) is 0 Å². The minimum Gasteiger partial charge on any atom is -0.414 e. The van der Waals surface area contributed by atoms with Gasteiger partial charge in [-0.2, -0.15) is 0 Å². The van der Waals surface area contributed by atoms with Crippen molar-refractivity contribution in [1.82, 2.24) is 0 Å². The molecular formula is C11H24O2Si. The molecule has 0 aromatic heterocycles. The maximum absolute atomic E-state index is 6.30. The Morgan fingerprint density at radius 2 is 1.64 bits per heavy atom. The van der Waals surface area contributed by atoms with Crippen LogP contribution in [0, 0.1) is 0 Å². The van der Waals surface area contributed by atoms with Crippen LogP contribution in [0.15, 0.2) is 0 Å². The highest BCUT2D eigenvalue weighted by Gasteiger charge is 2.39. The van der Waals surface area contributed by atoms with Crippen LogP contribution >= 0.6 is 0 Å². The summed E-state index contributed by atoms with van der Waals surface area (Å²) in [6.07, 6.45) is 2.60. The fourth-order valence-corrected chi connectivity index (χ4v) is 2.81. The monoisotopic (exact) mass is 216 g/mol. The summed E-state index contributed by atoms with van der Waals surface area (Å²) in [6.45, 7) is 13.3. The molecule has 3 heteroatoms. The minimum atomic E-state index is -1.55. The third kappa shape index (κ3) is 3.07. The average molecular weight is 216 g/mol. The van der Waals surface area contributed by atoms with E-state index in [0.29, 0.717) is 11.1 Å². The van der Waals surface area contributed by atoms with Crippen LogP contribution in [0.2, 0.25) is 18.1 Å². The number of ether oxygens (including phenoxy) is 1. The van der Waals surface area contributed by atoms with E-state index in [1.807, 2.05) is 0 Å².